The van der Waals surface area contributed by atoms with E-state index in [0.29, 0.717) is 0 Å². The molecule has 33 heavy (non-hydrogen) atoms. The smallest absolute Gasteiger partial charge is 0.550 e. The molecule has 0 bridgehead atoms. The number of carboxylic acids is 1. The van der Waals surface area contributed by atoms with Gasteiger partial charge in [-0.15, -0.1) is 0 Å². The Bertz CT molecular complexity index is 1080. The summed E-state index contributed by atoms with van der Waals surface area (Å²) >= 11 is 0. The van der Waals surface area contributed by atoms with E-state index >= 15 is 0 Å². The van der Waals surface area contributed by atoms with Crippen molar-refractivity contribution in [1.29, 1.82) is 0 Å². The summed E-state index contributed by atoms with van der Waals surface area (Å²) in [7, 11) is 0. The number of halogens is 1. The molecule has 1 heterocycles. The second-order valence-corrected chi connectivity index (χ2v) is 8.10. The Morgan fingerprint density at radius 2 is 1.73 bits per heavy atom. The third-order valence-electron chi connectivity index (χ3n) is 5.22. The molecule has 0 unspecified atom stereocenters. The van der Waals surface area contributed by atoms with Gasteiger partial charge in [-0.1, -0.05) is 56.3 Å². The minimum Gasteiger partial charge on any atom is -0.550 e. The second-order valence-electron chi connectivity index (χ2n) is 8.10. The molecule has 0 aliphatic carbocycles. The first-order valence-corrected chi connectivity index (χ1v) is 10.6. The fourth-order valence-corrected chi connectivity index (χ4v) is 3.80. The van der Waals surface area contributed by atoms with Gasteiger partial charge in [0.2, 0.25) is 0 Å². The van der Waals surface area contributed by atoms with Crippen LogP contribution in [0.15, 0.2) is 66.9 Å². The van der Waals surface area contributed by atoms with Gasteiger partial charge in [-0.2, -0.15) is 0 Å². The largest absolute Gasteiger partial charge is 1.00 e. The van der Waals surface area contributed by atoms with E-state index in [1.165, 1.54) is 12.1 Å². The number of aliphatic hydroxyl groups is 2. The zero-order valence-corrected chi connectivity index (χ0v) is 21.1. The molecule has 0 saturated carbocycles. The van der Waals surface area contributed by atoms with Gasteiger partial charge < -0.3 is 24.7 Å². The maximum Gasteiger partial charge on any atom is 1.00 e. The van der Waals surface area contributed by atoms with Gasteiger partial charge in [0.05, 0.1) is 12.2 Å². The molecule has 7 heteroatoms. The summed E-state index contributed by atoms with van der Waals surface area (Å²) in [6, 6.07) is 16.1. The second kappa shape index (κ2) is 12.3. The van der Waals surface area contributed by atoms with Crippen LogP contribution >= 0.6 is 0 Å². The molecule has 5 nitrogen and oxygen atoms in total. The first-order valence-electron chi connectivity index (χ1n) is 10.6. The van der Waals surface area contributed by atoms with Gasteiger partial charge in [0.1, 0.15) is 5.82 Å². The van der Waals surface area contributed by atoms with E-state index in [4.69, 9.17) is 0 Å². The standard InChI is InChI=1S/C26H28FNO4.Na/c1-17(2)26-23(13-12-21(29)14-22(30)15-25(31)32)24(18-8-10-19(27)11-9-18)16-28(26)20-6-4-3-5-7-20;/h3-13,16-17,21-22,29-30H,14-15H2,1-2H3,(H,31,32);/q;+1/p-1/b13-12+;/t21-,22-;/m1./s1. The normalized spacial score (nSPS) is 13.2. The van der Waals surface area contributed by atoms with Crippen molar-refractivity contribution in [3.8, 4) is 16.8 Å². The molecule has 3 aromatic rings. The van der Waals surface area contributed by atoms with Gasteiger partial charge in [-0.3, -0.25) is 0 Å². The van der Waals surface area contributed by atoms with Crippen LogP contribution in [0.4, 0.5) is 4.39 Å². The van der Waals surface area contributed by atoms with Crippen molar-refractivity contribution in [1.82, 2.24) is 4.57 Å². The maximum atomic E-state index is 13.5. The number of nitrogens with zero attached hydrogens (tertiary/aromatic N) is 1. The number of aliphatic hydroxyl groups excluding tert-OH is 2. The third-order valence-corrected chi connectivity index (χ3v) is 5.22. The SMILES string of the molecule is CC(C)c1c(/C=C/[C@@H](O)C[C@@H](O)CC(=O)[O-])c(-c2ccc(F)cc2)cn1-c1ccccc1.[Na+]. The van der Waals surface area contributed by atoms with Gasteiger partial charge in [-0.05, 0) is 35.7 Å². The van der Waals surface area contributed by atoms with Crippen molar-refractivity contribution >= 4 is 12.0 Å². The van der Waals surface area contributed by atoms with E-state index in [2.05, 4.69) is 18.4 Å². The van der Waals surface area contributed by atoms with Gasteiger partial charge in [0.25, 0.3) is 0 Å². The van der Waals surface area contributed by atoms with Crippen molar-refractivity contribution in [3.63, 3.8) is 0 Å². The molecule has 0 radical (unpaired) electrons. The molecule has 168 valence electrons. The number of carboxylic acid groups (broad SMARTS) is 1. The fraction of sp³-hybridized carbons (Fsp3) is 0.269. The first-order chi connectivity index (χ1) is 15.3. The van der Waals surface area contributed by atoms with Gasteiger partial charge >= 0.3 is 29.6 Å². The van der Waals surface area contributed by atoms with Crippen LogP contribution in [0.1, 0.15) is 43.9 Å². The molecule has 0 aliphatic rings. The molecule has 3 rings (SSSR count). The summed E-state index contributed by atoms with van der Waals surface area (Å²) in [5.41, 5.74) is 4.55. The van der Waals surface area contributed by atoms with E-state index in [-0.39, 0.29) is 47.7 Å². The molecule has 0 fully saturated rings. The van der Waals surface area contributed by atoms with Crippen LogP contribution in [0.5, 0.6) is 0 Å². The Morgan fingerprint density at radius 1 is 1.09 bits per heavy atom. The summed E-state index contributed by atoms with van der Waals surface area (Å²) in [4.78, 5) is 10.7. The zero-order chi connectivity index (χ0) is 23.3. The average Bonchev–Trinajstić information content (AvgIpc) is 3.12. The fourth-order valence-electron chi connectivity index (χ4n) is 3.80. The molecule has 2 aromatic carbocycles. The summed E-state index contributed by atoms with van der Waals surface area (Å²) in [5.74, 6) is -1.56. The molecule has 0 spiro atoms. The van der Waals surface area contributed by atoms with Crippen LogP contribution in [0.2, 0.25) is 0 Å². The van der Waals surface area contributed by atoms with Crippen molar-refractivity contribution in [2.75, 3.05) is 0 Å². The maximum absolute atomic E-state index is 13.5. The average molecular weight is 459 g/mol. The van der Waals surface area contributed by atoms with E-state index < -0.39 is 24.6 Å². The summed E-state index contributed by atoms with van der Waals surface area (Å²) < 4.78 is 15.6. The van der Waals surface area contributed by atoms with E-state index in [1.54, 1.807) is 24.3 Å². The number of hydrogen-bond donors (Lipinski definition) is 2. The van der Waals surface area contributed by atoms with E-state index in [0.717, 1.165) is 28.1 Å². The number of carbonyl (C=O) groups excluding carboxylic acids is 1. The first kappa shape index (κ1) is 27.0. The topological polar surface area (TPSA) is 85.5 Å². The monoisotopic (exact) mass is 459 g/mol. The van der Waals surface area contributed by atoms with Gasteiger partial charge in [0.15, 0.2) is 0 Å². The Morgan fingerprint density at radius 3 is 2.30 bits per heavy atom. The Labute approximate surface area is 215 Å². The van der Waals surface area contributed by atoms with Crippen LogP contribution in [0, 0.1) is 5.82 Å². The molecular formula is C26H27FNNaO4. The number of aromatic nitrogens is 1. The molecule has 0 aliphatic heterocycles. The Kier molecular flexibility index (Phi) is 10.1. The van der Waals surface area contributed by atoms with Crippen LogP contribution in [-0.4, -0.2) is 33.0 Å². The van der Waals surface area contributed by atoms with Crippen LogP contribution in [0.25, 0.3) is 22.9 Å². The quantitative estimate of drug-likeness (QED) is 0.461. The molecule has 0 saturated heterocycles. The Balaban J connectivity index is 0.00000385. The summed E-state index contributed by atoms with van der Waals surface area (Å²) in [6.45, 7) is 4.14. The van der Waals surface area contributed by atoms with E-state index in [1.807, 2.05) is 36.5 Å². The molecular weight excluding hydrogens is 432 g/mol. The molecule has 2 N–H and O–H groups in total. The minimum atomic E-state index is -1.37. The zero-order valence-electron chi connectivity index (χ0n) is 19.1. The van der Waals surface area contributed by atoms with E-state index in [9.17, 15) is 24.5 Å². The number of para-hydroxylation sites is 1. The molecule has 2 atom stereocenters. The van der Waals surface area contributed by atoms with Crippen LogP contribution < -0.4 is 34.7 Å². The molecule has 1 aromatic heterocycles. The van der Waals surface area contributed by atoms with Crippen LogP contribution in [0.3, 0.4) is 0 Å². The minimum absolute atomic E-state index is 0. The molecule has 0 amide bonds. The van der Waals surface area contributed by atoms with Crippen molar-refractivity contribution < 1.29 is 54.1 Å². The van der Waals surface area contributed by atoms with Crippen molar-refractivity contribution in [3.05, 3.63) is 83.9 Å². The van der Waals surface area contributed by atoms with Gasteiger partial charge in [0, 0.05) is 47.5 Å². The Hall–Kier alpha value is -2.22. The number of carbonyl (C=O) groups is 1. The van der Waals surface area contributed by atoms with Crippen molar-refractivity contribution in [2.24, 2.45) is 0 Å². The predicted octanol–water partition coefficient (Wildman–Crippen LogP) is 0.676. The number of benzene rings is 2. The number of aliphatic carboxylic acids is 1. The van der Waals surface area contributed by atoms with Crippen LogP contribution in [-0.2, 0) is 4.79 Å². The number of rotatable bonds is 9. The predicted molar refractivity (Wildman–Crippen MR) is 121 cm³/mol. The summed E-state index contributed by atoms with van der Waals surface area (Å²) in [5, 5.41) is 30.8. The summed E-state index contributed by atoms with van der Waals surface area (Å²) in [6.07, 6.45) is 2.43. The number of hydrogen-bond acceptors (Lipinski definition) is 4. The third kappa shape index (κ3) is 7.13. The van der Waals surface area contributed by atoms with Crippen molar-refractivity contribution in [2.45, 2.75) is 44.8 Å². The van der Waals surface area contributed by atoms with Gasteiger partial charge in [-0.25, -0.2) is 4.39 Å².